The highest BCUT2D eigenvalue weighted by atomic mass is 19.1. The van der Waals surface area contributed by atoms with Crippen molar-refractivity contribution in [3.05, 3.63) is 57.3 Å². The van der Waals surface area contributed by atoms with Gasteiger partial charge in [0, 0.05) is 11.8 Å². The molecule has 1 aromatic carbocycles. The predicted molar refractivity (Wildman–Crippen MR) is 75.2 cm³/mol. The molecule has 0 saturated heterocycles. The van der Waals surface area contributed by atoms with E-state index < -0.39 is 11.4 Å². The second-order valence-corrected chi connectivity index (χ2v) is 4.55. The van der Waals surface area contributed by atoms with Gasteiger partial charge in [-0.25, -0.2) is 13.9 Å². The fraction of sp³-hybridized carbons (Fsp3) is 0.267. The normalized spacial score (nSPS) is 10.5. The molecule has 0 fully saturated rings. The Balaban J connectivity index is 2.69. The molecule has 0 unspecified atom stereocenters. The maximum Gasteiger partial charge on any atom is 0.362 e. The van der Waals surface area contributed by atoms with E-state index in [1.807, 2.05) is 0 Å². The number of benzene rings is 1. The summed E-state index contributed by atoms with van der Waals surface area (Å²) in [6, 6.07) is 4.20. The van der Waals surface area contributed by atoms with E-state index in [-0.39, 0.29) is 11.5 Å². The van der Waals surface area contributed by atoms with E-state index in [0.717, 1.165) is 0 Å². The predicted octanol–water partition coefficient (Wildman–Crippen LogP) is 2.03. The fourth-order valence-corrected chi connectivity index (χ4v) is 2.02. The number of halogens is 1. The van der Waals surface area contributed by atoms with Gasteiger partial charge in [0.25, 0.3) is 0 Å². The van der Waals surface area contributed by atoms with E-state index in [2.05, 4.69) is 9.84 Å². The lowest BCUT2D eigenvalue weighted by molar-refractivity contribution is 0.0590. The molecule has 0 amide bonds. The quantitative estimate of drug-likeness (QED) is 0.811. The Bertz CT molecular complexity index is 753. The van der Waals surface area contributed by atoms with Gasteiger partial charge in [-0.15, -0.1) is 0 Å². The summed E-state index contributed by atoms with van der Waals surface area (Å²) in [5.41, 5.74) is 0.954. The van der Waals surface area contributed by atoms with Crippen LogP contribution in [0, 0.1) is 12.7 Å². The summed E-state index contributed by atoms with van der Waals surface area (Å²) in [4.78, 5) is 23.8. The molecule has 0 atom stereocenters. The Labute approximate surface area is 121 Å². The number of rotatable bonds is 3. The lowest BCUT2D eigenvalue weighted by Crippen LogP contribution is -2.25. The summed E-state index contributed by atoms with van der Waals surface area (Å²) in [7, 11) is 1.19. The van der Waals surface area contributed by atoms with Crippen molar-refractivity contribution in [3.8, 4) is 5.69 Å². The molecule has 0 N–H and O–H groups in total. The summed E-state index contributed by atoms with van der Waals surface area (Å²) in [5, 5.41) is 4.02. The number of hydrogen-bond donors (Lipinski definition) is 0. The number of esters is 1. The standard InChI is InChI=1S/C15H15FN2O3/c1-4-10-8-18(12-6-5-11(16)7-9(12)2)17-13(14(10)19)15(20)21-3/h5-8H,4H2,1-3H3. The van der Waals surface area contributed by atoms with Crippen LogP contribution in [-0.4, -0.2) is 22.9 Å². The molecule has 0 bridgehead atoms. The Morgan fingerprint density at radius 3 is 2.71 bits per heavy atom. The average Bonchev–Trinajstić information content (AvgIpc) is 2.47. The molecule has 0 spiro atoms. The average molecular weight is 290 g/mol. The van der Waals surface area contributed by atoms with E-state index in [0.29, 0.717) is 23.2 Å². The minimum Gasteiger partial charge on any atom is -0.464 e. The topological polar surface area (TPSA) is 61.2 Å². The number of ether oxygens (including phenoxy) is 1. The number of aromatic nitrogens is 2. The molecule has 110 valence electrons. The molecule has 1 heterocycles. The van der Waals surface area contributed by atoms with Crippen molar-refractivity contribution in [1.82, 2.24) is 9.78 Å². The van der Waals surface area contributed by atoms with Crippen molar-refractivity contribution in [3.63, 3.8) is 0 Å². The van der Waals surface area contributed by atoms with Crippen LogP contribution in [0.3, 0.4) is 0 Å². The third kappa shape index (κ3) is 2.84. The lowest BCUT2D eigenvalue weighted by atomic mass is 10.1. The van der Waals surface area contributed by atoms with Crippen LogP contribution >= 0.6 is 0 Å². The number of nitrogens with zero attached hydrogens (tertiary/aromatic N) is 2. The van der Waals surface area contributed by atoms with Crippen LogP contribution in [0.1, 0.15) is 28.5 Å². The fourth-order valence-electron chi connectivity index (χ4n) is 2.02. The first-order valence-corrected chi connectivity index (χ1v) is 6.45. The second-order valence-electron chi connectivity index (χ2n) is 4.55. The van der Waals surface area contributed by atoms with Crippen LogP contribution in [0.15, 0.2) is 29.2 Å². The van der Waals surface area contributed by atoms with Crippen LogP contribution in [0.4, 0.5) is 4.39 Å². The van der Waals surface area contributed by atoms with Gasteiger partial charge in [0.2, 0.25) is 11.1 Å². The van der Waals surface area contributed by atoms with Crippen molar-refractivity contribution >= 4 is 5.97 Å². The first kappa shape index (κ1) is 14.9. The molecule has 0 radical (unpaired) electrons. The molecule has 2 aromatic rings. The van der Waals surface area contributed by atoms with Crippen LogP contribution in [0.5, 0.6) is 0 Å². The molecule has 2 rings (SSSR count). The third-order valence-electron chi connectivity index (χ3n) is 3.16. The maximum absolute atomic E-state index is 13.2. The summed E-state index contributed by atoms with van der Waals surface area (Å²) in [5.74, 6) is -1.15. The molecular formula is C15H15FN2O3. The second kappa shape index (κ2) is 5.87. The van der Waals surface area contributed by atoms with Gasteiger partial charge in [-0.1, -0.05) is 6.92 Å². The van der Waals surface area contributed by atoms with Gasteiger partial charge in [0.1, 0.15) is 5.82 Å². The van der Waals surface area contributed by atoms with Gasteiger partial charge in [-0.3, -0.25) is 4.79 Å². The summed E-state index contributed by atoms with van der Waals surface area (Å²) in [6.45, 7) is 3.53. The molecule has 0 saturated carbocycles. The Morgan fingerprint density at radius 1 is 1.43 bits per heavy atom. The van der Waals surface area contributed by atoms with Gasteiger partial charge < -0.3 is 4.74 Å². The summed E-state index contributed by atoms with van der Waals surface area (Å²) >= 11 is 0. The van der Waals surface area contributed by atoms with Crippen molar-refractivity contribution in [2.45, 2.75) is 20.3 Å². The largest absolute Gasteiger partial charge is 0.464 e. The van der Waals surface area contributed by atoms with Crippen LogP contribution in [-0.2, 0) is 11.2 Å². The molecule has 0 aliphatic rings. The molecule has 5 nitrogen and oxygen atoms in total. The monoisotopic (exact) mass is 290 g/mol. The van der Waals surface area contributed by atoms with Crippen molar-refractivity contribution in [1.29, 1.82) is 0 Å². The smallest absolute Gasteiger partial charge is 0.362 e. The van der Waals surface area contributed by atoms with E-state index in [4.69, 9.17) is 0 Å². The Kier molecular flexibility index (Phi) is 4.16. The minimum atomic E-state index is -0.788. The van der Waals surface area contributed by atoms with Gasteiger partial charge in [-0.05, 0) is 37.1 Å². The summed E-state index contributed by atoms with van der Waals surface area (Å²) < 4.78 is 19.2. The van der Waals surface area contributed by atoms with E-state index in [1.54, 1.807) is 26.1 Å². The van der Waals surface area contributed by atoms with Gasteiger partial charge >= 0.3 is 5.97 Å². The Hall–Kier alpha value is -2.50. The molecular weight excluding hydrogens is 275 g/mol. The molecule has 0 aliphatic carbocycles. The van der Waals surface area contributed by atoms with E-state index >= 15 is 0 Å². The highest BCUT2D eigenvalue weighted by Gasteiger charge is 2.17. The zero-order chi connectivity index (χ0) is 15.6. The van der Waals surface area contributed by atoms with Crippen molar-refractivity contribution < 1.29 is 13.9 Å². The highest BCUT2D eigenvalue weighted by Crippen LogP contribution is 2.14. The minimum absolute atomic E-state index is 0.277. The number of aryl methyl sites for hydroxylation is 2. The zero-order valence-electron chi connectivity index (χ0n) is 12.0. The highest BCUT2D eigenvalue weighted by molar-refractivity contribution is 5.87. The lowest BCUT2D eigenvalue weighted by Gasteiger charge is -2.11. The number of hydrogen-bond acceptors (Lipinski definition) is 4. The first-order chi connectivity index (χ1) is 9.97. The van der Waals surface area contributed by atoms with Crippen molar-refractivity contribution in [2.24, 2.45) is 0 Å². The summed E-state index contributed by atoms with van der Waals surface area (Å²) in [6.07, 6.45) is 2.00. The SMILES string of the molecule is CCc1cn(-c2ccc(F)cc2C)nc(C(=O)OC)c1=O. The number of carbonyl (C=O) groups excluding carboxylic acids is 1. The van der Waals surface area contributed by atoms with Gasteiger partial charge in [0.15, 0.2) is 0 Å². The van der Waals surface area contributed by atoms with E-state index in [1.165, 1.54) is 23.9 Å². The number of methoxy groups -OCH3 is 1. The van der Waals surface area contributed by atoms with Crippen molar-refractivity contribution in [2.75, 3.05) is 7.11 Å². The molecule has 0 aliphatic heterocycles. The Morgan fingerprint density at radius 2 is 2.14 bits per heavy atom. The zero-order valence-corrected chi connectivity index (χ0v) is 12.0. The third-order valence-corrected chi connectivity index (χ3v) is 3.16. The van der Waals surface area contributed by atoms with Gasteiger partial charge in [0.05, 0.1) is 12.8 Å². The maximum atomic E-state index is 13.2. The first-order valence-electron chi connectivity index (χ1n) is 6.45. The molecule has 6 heteroatoms. The van der Waals surface area contributed by atoms with Crippen LogP contribution in [0.2, 0.25) is 0 Å². The molecule has 1 aromatic heterocycles. The van der Waals surface area contributed by atoms with Crippen LogP contribution < -0.4 is 5.43 Å². The van der Waals surface area contributed by atoms with E-state index in [9.17, 15) is 14.0 Å². The van der Waals surface area contributed by atoms with Gasteiger partial charge in [-0.2, -0.15) is 5.10 Å². The number of carbonyl (C=O) groups is 1. The van der Waals surface area contributed by atoms with Crippen LogP contribution in [0.25, 0.3) is 5.69 Å². The molecule has 21 heavy (non-hydrogen) atoms.